The number of nitrogens with zero attached hydrogens (tertiary/aromatic N) is 2. The molecule has 31 heavy (non-hydrogen) atoms. The second-order valence-electron chi connectivity index (χ2n) is 8.01. The van der Waals surface area contributed by atoms with Crippen molar-refractivity contribution in [2.45, 2.75) is 32.2 Å². The van der Waals surface area contributed by atoms with Crippen molar-refractivity contribution in [3.63, 3.8) is 0 Å². The maximum Gasteiger partial charge on any atom is 0.323 e. The largest absolute Gasteiger partial charge is 0.480 e. The number of fused-ring (bicyclic) bond motifs is 1. The summed E-state index contributed by atoms with van der Waals surface area (Å²) in [4.78, 5) is 16.5. The van der Waals surface area contributed by atoms with Crippen LogP contribution in [0.5, 0.6) is 0 Å². The van der Waals surface area contributed by atoms with Crippen LogP contribution in [0, 0.1) is 0 Å². The normalized spacial score (nSPS) is 13.9. The number of carbonyl (C=O) groups is 1. The zero-order valence-electron chi connectivity index (χ0n) is 17.3. The average molecular weight is 409 g/mol. The summed E-state index contributed by atoms with van der Waals surface area (Å²) in [6.45, 7) is -0.128. The molecule has 0 aliphatic heterocycles. The first-order valence-corrected chi connectivity index (χ1v) is 10.8. The molecular weight excluding hydrogens is 384 g/mol. The Morgan fingerprint density at radius 3 is 2.35 bits per heavy atom. The number of para-hydroxylation sites is 1. The molecule has 1 N–H and O–H groups in total. The molecule has 0 bridgehead atoms. The Morgan fingerprint density at radius 1 is 0.871 bits per heavy atom. The average Bonchev–Trinajstić information content (AvgIpc) is 3.18. The first kappa shape index (κ1) is 19.3. The Bertz CT molecular complexity index is 1270. The topological polar surface area (TPSA) is 55.1 Å². The Kier molecular flexibility index (Phi) is 5.13. The zero-order chi connectivity index (χ0) is 21.2. The number of rotatable bonds is 5. The molecule has 4 aromatic rings. The maximum atomic E-state index is 11.6. The first-order chi connectivity index (χ1) is 15.2. The molecule has 1 aliphatic rings. The van der Waals surface area contributed by atoms with E-state index in [9.17, 15) is 9.90 Å². The van der Waals surface area contributed by atoms with Crippen LogP contribution >= 0.6 is 0 Å². The molecular formula is C27H24N2O2. The molecule has 1 heterocycles. The predicted molar refractivity (Wildman–Crippen MR) is 125 cm³/mol. The van der Waals surface area contributed by atoms with Gasteiger partial charge in [-0.05, 0) is 48.4 Å². The van der Waals surface area contributed by atoms with Gasteiger partial charge in [0.25, 0.3) is 0 Å². The van der Waals surface area contributed by atoms with Crippen LogP contribution in [0.2, 0.25) is 0 Å². The molecule has 0 fully saturated rings. The summed E-state index contributed by atoms with van der Waals surface area (Å²) in [5, 5.41) is 9.50. The second kappa shape index (κ2) is 8.23. The highest BCUT2D eigenvalue weighted by Gasteiger charge is 2.17. The number of hydrogen-bond donors (Lipinski definition) is 1. The zero-order valence-corrected chi connectivity index (χ0v) is 17.3. The number of hydrogen-bond acceptors (Lipinski definition) is 2. The van der Waals surface area contributed by atoms with Gasteiger partial charge in [0.05, 0.1) is 11.0 Å². The van der Waals surface area contributed by atoms with Gasteiger partial charge in [-0.2, -0.15) is 0 Å². The molecule has 4 nitrogen and oxygen atoms in total. The number of carboxylic acid groups (broad SMARTS) is 1. The van der Waals surface area contributed by atoms with Crippen LogP contribution in [0.15, 0.2) is 78.9 Å². The van der Waals surface area contributed by atoms with E-state index in [0.29, 0.717) is 5.82 Å². The summed E-state index contributed by atoms with van der Waals surface area (Å²) in [6.07, 6.45) is 7.22. The van der Waals surface area contributed by atoms with Crippen molar-refractivity contribution in [3.05, 3.63) is 84.4 Å². The Labute approximate surface area is 181 Å². The third-order valence-electron chi connectivity index (χ3n) is 5.96. The molecule has 5 rings (SSSR count). The van der Waals surface area contributed by atoms with Gasteiger partial charge in [0, 0.05) is 11.1 Å². The Morgan fingerprint density at radius 2 is 1.65 bits per heavy atom. The van der Waals surface area contributed by atoms with Gasteiger partial charge in [-0.1, -0.05) is 72.8 Å². The standard InChI is InChI=1S/C27H24N2O2/c30-25(31)18-29-24-13-7-12-23(26(24)28-27(29)22-10-5-2-6-11-22)21-16-14-20(15-17-21)19-8-3-1-4-9-19/h2,5-8,10-17H,1,3-4,9,18H2,(H,30,31). The van der Waals surface area contributed by atoms with E-state index in [1.165, 1.54) is 30.4 Å². The van der Waals surface area contributed by atoms with E-state index in [1.807, 2.05) is 42.5 Å². The van der Waals surface area contributed by atoms with Gasteiger partial charge in [0.1, 0.15) is 12.4 Å². The maximum absolute atomic E-state index is 11.6. The minimum atomic E-state index is -0.882. The van der Waals surface area contributed by atoms with Crippen LogP contribution in [0.3, 0.4) is 0 Å². The lowest BCUT2D eigenvalue weighted by molar-refractivity contribution is -0.137. The number of aromatic nitrogens is 2. The number of carboxylic acids is 1. The van der Waals surface area contributed by atoms with Gasteiger partial charge in [-0.15, -0.1) is 0 Å². The smallest absolute Gasteiger partial charge is 0.323 e. The molecule has 1 aromatic heterocycles. The first-order valence-electron chi connectivity index (χ1n) is 10.8. The minimum absolute atomic E-state index is 0.128. The molecule has 0 unspecified atom stereocenters. The molecule has 0 saturated carbocycles. The van der Waals surface area contributed by atoms with Crippen molar-refractivity contribution in [1.29, 1.82) is 0 Å². The molecule has 0 radical (unpaired) electrons. The van der Waals surface area contributed by atoms with Crippen molar-refractivity contribution < 1.29 is 9.90 Å². The van der Waals surface area contributed by atoms with Crippen molar-refractivity contribution in [2.24, 2.45) is 0 Å². The summed E-state index contributed by atoms with van der Waals surface area (Å²) in [6, 6.07) is 24.4. The summed E-state index contributed by atoms with van der Waals surface area (Å²) in [5.74, 6) is -0.207. The van der Waals surface area contributed by atoms with E-state index >= 15 is 0 Å². The van der Waals surface area contributed by atoms with Crippen LogP contribution in [0.4, 0.5) is 0 Å². The highest BCUT2D eigenvalue weighted by atomic mass is 16.4. The Balaban J connectivity index is 1.62. The van der Waals surface area contributed by atoms with Crippen LogP contribution in [0.25, 0.3) is 39.1 Å². The minimum Gasteiger partial charge on any atom is -0.480 e. The number of imidazole rings is 1. The van der Waals surface area contributed by atoms with E-state index in [1.54, 1.807) is 4.57 Å². The van der Waals surface area contributed by atoms with Crippen molar-refractivity contribution in [2.75, 3.05) is 0 Å². The fourth-order valence-electron chi connectivity index (χ4n) is 4.45. The van der Waals surface area contributed by atoms with Gasteiger partial charge in [0.15, 0.2) is 0 Å². The lowest BCUT2D eigenvalue weighted by Gasteiger charge is -2.13. The summed E-state index contributed by atoms with van der Waals surface area (Å²) in [5.41, 5.74) is 7.40. The molecule has 4 heteroatoms. The molecule has 1 aliphatic carbocycles. The third-order valence-corrected chi connectivity index (χ3v) is 5.96. The van der Waals surface area contributed by atoms with E-state index in [0.717, 1.165) is 34.1 Å². The summed E-state index contributed by atoms with van der Waals surface area (Å²) in [7, 11) is 0. The van der Waals surface area contributed by atoms with Gasteiger partial charge >= 0.3 is 5.97 Å². The molecule has 0 saturated heterocycles. The van der Waals surface area contributed by atoms with E-state index in [2.05, 4.69) is 36.4 Å². The fraction of sp³-hybridized carbons (Fsp3) is 0.185. The van der Waals surface area contributed by atoms with Crippen LogP contribution in [-0.4, -0.2) is 20.6 Å². The molecule has 0 atom stereocenters. The number of allylic oxidation sites excluding steroid dienone is 2. The fourth-order valence-corrected chi connectivity index (χ4v) is 4.45. The van der Waals surface area contributed by atoms with Crippen LogP contribution in [-0.2, 0) is 11.3 Å². The van der Waals surface area contributed by atoms with Crippen LogP contribution in [0.1, 0.15) is 31.2 Å². The summed E-state index contributed by atoms with van der Waals surface area (Å²) >= 11 is 0. The van der Waals surface area contributed by atoms with Crippen molar-refractivity contribution >= 4 is 22.6 Å². The lowest BCUT2D eigenvalue weighted by atomic mass is 9.92. The van der Waals surface area contributed by atoms with Gasteiger partial charge in [-0.3, -0.25) is 4.79 Å². The molecule has 154 valence electrons. The van der Waals surface area contributed by atoms with Gasteiger partial charge in [0.2, 0.25) is 0 Å². The van der Waals surface area contributed by atoms with E-state index in [-0.39, 0.29) is 6.54 Å². The number of aliphatic carboxylic acids is 1. The Hall–Kier alpha value is -3.66. The third kappa shape index (κ3) is 3.77. The van der Waals surface area contributed by atoms with Crippen molar-refractivity contribution in [1.82, 2.24) is 9.55 Å². The highest BCUT2D eigenvalue weighted by molar-refractivity contribution is 5.95. The van der Waals surface area contributed by atoms with E-state index < -0.39 is 5.97 Å². The molecule has 0 spiro atoms. The van der Waals surface area contributed by atoms with Crippen molar-refractivity contribution in [3.8, 4) is 22.5 Å². The quantitative estimate of drug-likeness (QED) is 0.415. The van der Waals surface area contributed by atoms with E-state index in [4.69, 9.17) is 4.98 Å². The second-order valence-corrected chi connectivity index (χ2v) is 8.01. The number of benzene rings is 3. The van der Waals surface area contributed by atoms with Gasteiger partial charge in [-0.25, -0.2) is 4.98 Å². The monoisotopic (exact) mass is 408 g/mol. The lowest BCUT2D eigenvalue weighted by Crippen LogP contribution is -2.09. The molecule has 3 aromatic carbocycles. The van der Waals surface area contributed by atoms with Crippen LogP contribution < -0.4 is 0 Å². The highest BCUT2D eigenvalue weighted by Crippen LogP contribution is 2.34. The predicted octanol–water partition coefficient (Wildman–Crippen LogP) is 6.41. The summed E-state index contributed by atoms with van der Waals surface area (Å²) < 4.78 is 1.79. The molecule has 0 amide bonds. The van der Waals surface area contributed by atoms with Gasteiger partial charge < -0.3 is 9.67 Å². The SMILES string of the molecule is O=C(O)Cn1c(-c2ccccc2)nc2c(-c3ccc(C4=CCCCC4)cc3)cccc21.